The standard InChI is InChI=1S/C23H31N3O3/c1-17-5-7-20(15-18(17)2)25-11-13-26(14-12-25)23(27)24-10-9-19-6-8-21(28-3)22(16-19)29-4/h5-8,15-16H,9-14H2,1-4H3,(H,24,27). The number of carbonyl (C=O) groups excluding carboxylic acids is 1. The zero-order chi connectivity index (χ0) is 20.8. The molecule has 0 radical (unpaired) electrons. The Morgan fingerprint density at radius 2 is 1.66 bits per heavy atom. The van der Waals surface area contributed by atoms with E-state index < -0.39 is 0 Å². The highest BCUT2D eigenvalue weighted by atomic mass is 16.5. The number of hydrogen-bond donors (Lipinski definition) is 1. The predicted octanol–water partition coefficient (Wildman–Crippen LogP) is 3.39. The number of carbonyl (C=O) groups is 1. The Labute approximate surface area is 173 Å². The molecule has 0 unspecified atom stereocenters. The molecule has 1 fully saturated rings. The second kappa shape index (κ2) is 9.54. The molecule has 1 heterocycles. The molecule has 6 heteroatoms. The molecule has 1 aliphatic heterocycles. The Morgan fingerprint density at radius 1 is 0.931 bits per heavy atom. The maximum atomic E-state index is 12.5. The Hall–Kier alpha value is -2.89. The fourth-order valence-corrected chi connectivity index (χ4v) is 3.55. The zero-order valence-electron chi connectivity index (χ0n) is 17.8. The predicted molar refractivity (Wildman–Crippen MR) is 116 cm³/mol. The number of methoxy groups -OCH3 is 2. The summed E-state index contributed by atoms with van der Waals surface area (Å²) in [6.07, 6.45) is 0.745. The summed E-state index contributed by atoms with van der Waals surface area (Å²) in [7, 11) is 3.25. The summed E-state index contributed by atoms with van der Waals surface area (Å²) >= 11 is 0. The van der Waals surface area contributed by atoms with E-state index in [1.165, 1.54) is 16.8 Å². The smallest absolute Gasteiger partial charge is 0.317 e. The number of amides is 2. The minimum atomic E-state index is 0.00483. The third-order valence-corrected chi connectivity index (χ3v) is 5.56. The molecule has 1 N–H and O–H groups in total. The first kappa shape index (κ1) is 20.8. The Bertz CT molecular complexity index is 845. The molecule has 29 heavy (non-hydrogen) atoms. The van der Waals surface area contributed by atoms with Gasteiger partial charge in [-0.25, -0.2) is 4.79 Å². The third-order valence-electron chi connectivity index (χ3n) is 5.56. The molecular weight excluding hydrogens is 366 g/mol. The number of rotatable bonds is 6. The first-order chi connectivity index (χ1) is 14.0. The van der Waals surface area contributed by atoms with Gasteiger partial charge in [-0.3, -0.25) is 0 Å². The summed E-state index contributed by atoms with van der Waals surface area (Å²) in [5.74, 6) is 1.42. The lowest BCUT2D eigenvalue weighted by molar-refractivity contribution is 0.194. The number of nitrogens with one attached hydrogen (secondary N) is 1. The summed E-state index contributed by atoms with van der Waals surface area (Å²) in [6.45, 7) is 8.03. The Kier molecular flexibility index (Phi) is 6.86. The molecule has 1 saturated heterocycles. The van der Waals surface area contributed by atoms with E-state index in [0.29, 0.717) is 18.0 Å². The molecule has 2 amide bonds. The van der Waals surface area contributed by atoms with Crippen molar-refractivity contribution in [2.75, 3.05) is 51.8 Å². The fourth-order valence-electron chi connectivity index (χ4n) is 3.55. The number of ether oxygens (including phenoxy) is 2. The molecule has 0 aliphatic carbocycles. The van der Waals surface area contributed by atoms with Crippen molar-refractivity contribution in [2.24, 2.45) is 0 Å². The SMILES string of the molecule is COc1ccc(CCNC(=O)N2CCN(c3ccc(C)c(C)c3)CC2)cc1OC. The fraction of sp³-hybridized carbons (Fsp3) is 0.435. The van der Waals surface area contributed by atoms with Gasteiger partial charge in [0.25, 0.3) is 0 Å². The van der Waals surface area contributed by atoms with Gasteiger partial charge in [-0.2, -0.15) is 0 Å². The number of nitrogens with zero attached hydrogens (tertiary/aromatic N) is 2. The average Bonchev–Trinajstić information content (AvgIpc) is 2.75. The highest BCUT2D eigenvalue weighted by molar-refractivity contribution is 5.74. The van der Waals surface area contributed by atoms with Crippen LogP contribution in [0.2, 0.25) is 0 Å². The van der Waals surface area contributed by atoms with E-state index in [9.17, 15) is 4.79 Å². The molecule has 0 bridgehead atoms. The Balaban J connectivity index is 1.46. The first-order valence-electron chi connectivity index (χ1n) is 10.1. The summed E-state index contributed by atoms with van der Waals surface area (Å²) in [4.78, 5) is 16.7. The molecule has 3 rings (SSSR count). The highest BCUT2D eigenvalue weighted by Gasteiger charge is 2.21. The molecule has 2 aromatic rings. The maximum Gasteiger partial charge on any atom is 0.317 e. The van der Waals surface area contributed by atoms with E-state index in [1.807, 2.05) is 23.1 Å². The number of hydrogen-bond acceptors (Lipinski definition) is 4. The van der Waals surface area contributed by atoms with Crippen LogP contribution in [0.4, 0.5) is 10.5 Å². The number of anilines is 1. The van der Waals surface area contributed by atoms with Crippen molar-refractivity contribution < 1.29 is 14.3 Å². The molecule has 0 saturated carbocycles. The number of benzene rings is 2. The van der Waals surface area contributed by atoms with Gasteiger partial charge >= 0.3 is 6.03 Å². The van der Waals surface area contributed by atoms with Crippen molar-refractivity contribution in [1.29, 1.82) is 0 Å². The van der Waals surface area contributed by atoms with E-state index in [2.05, 4.69) is 42.3 Å². The number of piperazine rings is 1. The number of aryl methyl sites for hydroxylation is 2. The molecule has 156 valence electrons. The minimum absolute atomic E-state index is 0.00483. The third kappa shape index (κ3) is 5.13. The lowest BCUT2D eigenvalue weighted by atomic mass is 10.1. The Morgan fingerprint density at radius 3 is 2.31 bits per heavy atom. The normalized spacial score (nSPS) is 13.9. The van der Waals surface area contributed by atoms with Crippen LogP contribution in [-0.2, 0) is 6.42 Å². The second-order valence-electron chi connectivity index (χ2n) is 7.41. The van der Waals surface area contributed by atoms with Gasteiger partial charge in [0.05, 0.1) is 14.2 Å². The van der Waals surface area contributed by atoms with Crippen LogP contribution < -0.4 is 19.7 Å². The van der Waals surface area contributed by atoms with E-state index in [1.54, 1.807) is 14.2 Å². The molecular formula is C23H31N3O3. The first-order valence-corrected chi connectivity index (χ1v) is 10.1. The van der Waals surface area contributed by atoms with E-state index >= 15 is 0 Å². The van der Waals surface area contributed by atoms with Crippen molar-refractivity contribution >= 4 is 11.7 Å². The molecule has 1 aliphatic rings. The van der Waals surface area contributed by atoms with E-state index in [4.69, 9.17) is 9.47 Å². The van der Waals surface area contributed by atoms with Crippen molar-refractivity contribution in [3.8, 4) is 11.5 Å². The van der Waals surface area contributed by atoms with Gasteiger partial charge in [-0.15, -0.1) is 0 Å². The van der Waals surface area contributed by atoms with Gasteiger partial charge in [0.1, 0.15) is 0 Å². The van der Waals surface area contributed by atoms with Crippen molar-refractivity contribution in [3.05, 3.63) is 53.1 Å². The summed E-state index contributed by atoms with van der Waals surface area (Å²) in [5.41, 5.74) is 4.95. The quantitative estimate of drug-likeness (QED) is 0.812. The van der Waals surface area contributed by atoms with Crippen LogP contribution in [0.15, 0.2) is 36.4 Å². The van der Waals surface area contributed by atoms with Gasteiger partial charge in [-0.1, -0.05) is 12.1 Å². The maximum absolute atomic E-state index is 12.5. The molecule has 2 aromatic carbocycles. The second-order valence-corrected chi connectivity index (χ2v) is 7.41. The van der Waals surface area contributed by atoms with Gasteiger partial charge < -0.3 is 24.6 Å². The zero-order valence-corrected chi connectivity index (χ0v) is 17.8. The average molecular weight is 398 g/mol. The molecule has 0 atom stereocenters. The van der Waals surface area contributed by atoms with Crippen LogP contribution in [0.5, 0.6) is 11.5 Å². The van der Waals surface area contributed by atoms with Crippen molar-refractivity contribution in [2.45, 2.75) is 20.3 Å². The molecule has 0 aromatic heterocycles. The lowest BCUT2D eigenvalue weighted by Gasteiger charge is -2.36. The molecule has 6 nitrogen and oxygen atoms in total. The largest absolute Gasteiger partial charge is 0.493 e. The van der Waals surface area contributed by atoms with E-state index in [-0.39, 0.29) is 6.03 Å². The van der Waals surface area contributed by atoms with Crippen molar-refractivity contribution in [3.63, 3.8) is 0 Å². The highest BCUT2D eigenvalue weighted by Crippen LogP contribution is 2.27. The summed E-state index contributed by atoms with van der Waals surface area (Å²) < 4.78 is 10.6. The van der Waals surface area contributed by atoms with Crippen LogP contribution in [0.25, 0.3) is 0 Å². The van der Waals surface area contributed by atoms with Crippen LogP contribution >= 0.6 is 0 Å². The van der Waals surface area contributed by atoms with Crippen LogP contribution in [-0.4, -0.2) is 57.9 Å². The van der Waals surface area contributed by atoms with Gasteiger partial charge in [-0.05, 0) is 61.2 Å². The van der Waals surface area contributed by atoms with Gasteiger partial charge in [0, 0.05) is 38.4 Å². The lowest BCUT2D eigenvalue weighted by Crippen LogP contribution is -2.52. The molecule has 0 spiro atoms. The minimum Gasteiger partial charge on any atom is -0.493 e. The van der Waals surface area contributed by atoms with Crippen LogP contribution in [0, 0.1) is 13.8 Å². The summed E-state index contributed by atoms with van der Waals surface area (Å²) in [5, 5.41) is 3.03. The van der Waals surface area contributed by atoms with Crippen molar-refractivity contribution in [1.82, 2.24) is 10.2 Å². The number of urea groups is 1. The van der Waals surface area contributed by atoms with E-state index in [0.717, 1.165) is 38.2 Å². The topological polar surface area (TPSA) is 54.0 Å². The summed E-state index contributed by atoms with van der Waals surface area (Å²) in [6, 6.07) is 12.4. The van der Waals surface area contributed by atoms with Gasteiger partial charge in [0.2, 0.25) is 0 Å². The van der Waals surface area contributed by atoms with Gasteiger partial charge in [0.15, 0.2) is 11.5 Å². The van der Waals surface area contributed by atoms with Crippen LogP contribution in [0.1, 0.15) is 16.7 Å². The monoisotopic (exact) mass is 397 g/mol. The van der Waals surface area contributed by atoms with Crippen LogP contribution in [0.3, 0.4) is 0 Å².